The van der Waals surface area contributed by atoms with Crippen LogP contribution in [-0.2, 0) is 4.74 Å². The van der Waals surface area contributed by atoms with E-state index >= 15 is 0 Å². The average Bonchev–Trinajstić information content (AvgIpc) is 3.16. The second kappa shape index (κ2) is 6.17. The minimum Gasteiger partial charge on any atom is -0.459 e. The van der Waals surface area contributed by atoms with Gasteiger partial charge in [0.25, 0.3) is 11.8 Å². The molecule has 0 unspecified atom stereocenters. The maximum Gasteiger partial charge on any atom is 0.291 e. The van der Waals surface area contributed by atoms with Crippen molar-refractivity contribution >= 4 is 28.2 Å². The Morgan fingerprint density at radius 1 is 1.30 bits per heavy atom. The summed E-state index contributed by atoms with van der Waals surface area (Å²) < 4.78 is 10.7. The molecule has 3 heterocycles. The first kappa shape index (κ1) is 15.8. The molecule has 1 aliphatic heterocycles. The minimum atomic E-state index is -0.332. The molecule has 6 nitrogen and oxygen atoms in total. The quantitative estimate of drug-likeness (QED) is 0.937. The molecule has 0 atom stereocenters. The lowest BCUT2D eigenvalue weighted by Crippen LogP contribution is -2.50. The molecule has 2 amide bonds. The SMILES string of the molecule is CC1(C)CN(C(=O)c2ccc(NC(=O)c3ccco3)s2)CCO1. The second-order valence-corrected chi connectivity index (χ2v) is 7.01. The van der Waals surface area contributed by atoms with E-state index in [1.165, 1.54) is 17.6 Å². The Morgan fingerprint density at radius 2 is 2.13 bits per heavy atom. The molecule has 2 aromatic rings. The van der Waals surface area contributed by atoms with Crippen molar-refractivity contribution in [3.8, 4) is 0 Å². The maximum atomic E-state index is 12.6. The summed E-state index contributed by atoms with van der Waals surface area (Å²) in [7, 11) is 0. The van der Waals surface area contributed by atoms with Crippen molar-refractivity contribution in [3.63, 3.8) is 0 Å². The summed E-state index contributed by atoms with van der Waals surface area (Å²) in [4.78, 5) is 26.9. The highest BCUT2D eigenvalue weighted by atomic mass is 32.1. The van der Waals surface area contributed by atoms with Gasteiger partial charge in [0, 0.05) is 13.1 Å². The number of nitrogens with one attached hydrogen (secondary N) is 1. The molecule has 3 rings (SSSR count). The summed E-state index contributed by atoms with van der Waals surface area (Å²) in [5.74, 6) is -0.130. The van der Waals surface area contributed by atoms with Crippen LogP contribution in [0, 0.1) is 0 Å². The summed E-state index contributed by atoms with van der Waals surface area (Å²) >= 11 is 1.25. The Kier molecular flexibility index (Phi) is 4.23. The van der Waals surface area contributed by atoms with Gasteiger partial charge >= 0.3 is 0 Å². The predicted octanol–water partition coefficient (Wildman–Crippen LogP) is 2.84. The Hall–Kier alpha value is -2.12. The number of nitrogens with zero attached hydrogens (tertiary/aromatic N) is 1. The first-order valence-corrected chi connectivity index (χ1v) is 8.14. The lowest BCUT2D eigenvalue weighted by Gasteiger charge is -2.37. The standard InChI is InChI=1S/C16H18N2O4S/c1-16(2)10-18(7-9-22-16)15(20)12-5-6-13(23-12)17-14(19)11-4-3-8-21-11/h3-6,8H,7,9-10H2,1-2H3,(H,17,19). The lowest BCUT2D eigenvalue weighted by atomic mass is 10.1. The van der Waals surface area contributed by atoms with Crippen LogP contribution in [0.2, 0.25) is 0 Å². The summed E-state index contributed by atoms with van der Waals surface area (Å²) in [6.45, 7) is 5.60. The van der Waals surface area contributed by atoms with Gasteiger partial charge in [-0.25, -0.2) is 0 Å². The highest BCUT2D eigenvalue weighted by molar-refractivity contribution is 7.18. The highest BCUT2D eigenvalue weighted by Gasteiger charge is 2.31. The van der Waals surface area contributed by atoms with Crippen LogP contribution in [0.15, 0.2) is 34.9 Å². The first-order valence-electron chi connectivity index (χ1n) is 7.32. The van der Waals surface area contributed by atoms with Crippen LogP contribution in [0.1, 0.15) is 34.1 Å². The first-order chi connectivity index (χ1) is 10.9. The van der Waals surface area contributed by atoms with Gasteiger partial charge < -0.3 is 19.4 Å². The van der Waals surface area contributed by atoms with Crippen molar-refractivity contribution < 1.29 is 18.7 Å². The Morgan fingerprint density at radius 3 is 2.83 bits per heavy atom. The third-order valence-electron chi connectivity index (χ3n) is 3.51. The molecule has 23 heavy (non-hydrogen) atoms. The topological polar surface area (TPSA) is 71.8 Å². The van der Waals surface area contributed by atoms with Gasteiger partial charge in [-0.05, 0) is 38.1 Å². The van der Waals surface area contributed by atoms with E-state index in [0.717, 1.165) is 0 Å². The van der Waals surface area contributed by atoms with Gasteiger partial charge in [-0.2, -0.15) is 0 Å². The zero-order valence-corrected chi connectivity index (χ0v) is 13.8. The van der Waals surface area contributed by atoms with Crippen molar-refractivity contribution in [3.05, 3.63) is 41.2 Å². The number of carbonyl (C=O) groups is 2. The van der Waals surface area contributed by atoms with Crippen molar-refractivity contribution in [2.75, 3.05) is 25.0 Å². The summed E-state index contributed by atoms with van der Waals surface area (Å²) in [6, 6.07) is 6.70. The number of hydrogen-bond acceptors (Lipinski definition) is 5. The van der Waals surface area contributed by atoms with Crippen molar-refractivity contribution in [2.24, 2.45) is 0 Å². The van der Waals surface area contributed by atoms with E-state index in [4.69, 9.17) is 9.15 Å². The summed E-state index contributed by atoms with van der Waals surface area (Å²) in [5.41, 5.74) is -0.332. The van der Waals surface area contributed by atoms with Crippen LogP contribution >= 0.6 is 11.3 Å². The van der Waals surface area contributed by atoms with Gasteiger partial charge in [-0.15, -0.1) is 11.3 Å². The number of thiophene rings is 1. The van der Waals surface area contributed by atoms with Crippen LogP contribution in [-0.4, -0.2) is 42.0 Å². The third-order valence-corrected chi connectivity index (χ3v) is 4.50. The molecule has 0 saturated carbocycles. The number of rotatable bonds is 3. The van der Waals surface area contributed by atoms with E-state index in [-0.39, 0.29) is 23.2 Å². The van der Waals surface area contributed by atoms with Crippen molar-refractivity contribution in [1.29, 1.82) is 0 Å². The van der Waals surface area contributed by atoms with E-state index < -0.39 is 0 Å². The van der Waals surface area contributed by atoms with Crippen LogP contribution < -0.4 is 5.32 Å². The number of morpholine rings is 1. The van der Waals surface area contributed by atoms with E-state index in [0.29, 0.717) is 29.6 Å². The predicted molar refractivity (Wildman–Crippen MR) is 86.9 cm³/mol. The molecular weight excluding hydrogens is 316 g/mol. The molecule has 0 radical (unpaired) electrons. The van der Waals surface area contributed by atoms with E-state index in [2.05, 4.69) is 5.32 Å². The Balaban J connectivity index is 1.67. The zero-order valence-electron chi connectivity index (χ0n) is 13.0. The van der Waals surface area contributed by atoms with Crippen LogP contribution in [0.5, 0.6) is 0 Å². The molecule has 0 aromatic carbocycles. The molecule has 7 heteroatoms. The number of ether oxygens (including phenoxy) is 1. The molecule has 0 aliphatic carbocycles. The fourth-order valence-corrected chi connectivity index (χ4v) is 3.32. The molecule has 1 fully saturated rings. The molecule has 2 aromatic heterocycles. The number of hydrogen-bond donors (Lipinski definition) is 1. The fourth-order valence-electron chi connectivity index (χ4n) is 2.45. The second-order valence-electron chi connectivity index (χ2n) is 5.93. The highest BCUT2D eigenvalue weighted by Crippen LogP contribution is 2.26. The van der Waals surface area contributed by atoms with Gasteiger partial charge in [0.05, 0.1) is 28.3 Å². The van der Waals surface area contributed by atoms with Gasteiger partial charge in [0.2, 0.25) is 0 Å². The fraction of sp³-hybridized carbons (Fsp3) is 0.375. The minimum absolute atomic E-state index is 0.0372. The molecule has 1 aliphatic rings. The third kappa shape index (κ3) is 3.62. The smallest absolute Gasteiger partial charge is 0.291 e. The molecule has 1 N–H and O–H groups in total. The van der Waals surface area contributed by atoms with Crippen molar-refractivity contribution in [2.45, 2.75) is 19.4 Å². The summed E-state index contributed by atoms with van der Waals surface area (Å²) in [6.07, 6.45) is 1.44. The maximum absolute atomic E-state index is 12.6. The monoisotopic (exact) mass is 334 g/mol. The number of carbonyl (C=O) groups excluding carboxylic acids is 2. The van der Waals surface area contributed by atoms with Gasteiger partial charge in [0.15, 0.2) is 5.76 Å². The Labute approximate surface area is 138 Å². The van der Waals surface area contributed by atoms with Gasteiger partial charge in [-0.1, -0.05) is 0 Å². The Bertz CT molecular complexity index is 705. The average molecular weight is 334 g/mol. The van der Waals surface area contributed by atoms with Crippen LogP contribution in [0.25, 0.3) is 0 Å². The number of furan rings is 1. The zero-order chi connectivity index (χ0) is 16.4. The van der Waals surface area contributed by atoms with Gasteiger partial charge in [-0.3, -0.25) is 9.59 Å². The summed E-state index contributed by atoms with van der Waals surface area (Å²) in [5, 5.41) is 3.34. The molecule has 1 saturated heterocycles. The molecule has 0 bridgehead atoms. The van der Waals surface area contributed by atoms with E-state index in [1.54, 1.807) is 29.2 Å². The van der Waals surface area contributed by atoms with Gasteiger partial charge in [0.1, 0.15) is 0 Å². The van der Waals surface area contributed by atoms with Crippen LogP contribution in [0.4, 0.5) is 5.00 Å². The van der Waals surface area contributed by atoms with E-state index in [9.17, 15) is 9.59 Å². The van der Waals surface area contributed by atoms with Crippen molar-refractivity contribution in [1.82, 2.24) is 4.90 Å². The van der Waals surface area contributed by atoms with Crippen LogP contribution in [0.3, 0.4) is 0 Å². The lowest BCUT2D eigenvalue weighted by molar-refractivity contribution is -0.0763. The number of anilines is 1. The molecule has 122 valence electrons. The molecular formula is C16H18N2O4S. The molecule has 0 spiro atoms. The normalized spacial score (nSPS) is 17.0. The number of amides is 2. The van der Waals surface area contributed by atoms with E-state index in [1.807, 2.05) is 13.8 Å². The largest absolute Gasteiger partial charge is 0.459 e.